The number of rotatable bonds is 6. The maximum atomic E-state index is 14.4. The second-order valence-corrected chi connectivity index (χ2v) is 9.70. The number of nitrogens with one attached hydrogen (secondary N) is 1. The standard InChI is InChI=1S/C27H17Cl2F6NO4/c1-12(16-5-3-14(9-20(16)28)40-15-4-6-17(25(38)39)21(29)10-15)24(27(33,34)35)13-2-7-22-18(8-13)19(26(30,31)32)11-23(37)36-22/h2-12,24H,1H3,(H,36,37)(H,38,39). The van der Waals surface area contributed by atoms with Crippen LogP contribution in [-0.4, -0.2) is 22.2 Å². The van der Waals surface area contributed by atoms with E-state index in [1.807, 2.05) is 0 Å². The van der Waals surface area contributed by atoms with E-state index >= 15 is 0 Å². The molecule has 0 saturated heterocycles. The summed E-state index contributed by atoms with van der Waals surface area (Å²) in [6.07, 6.45) is -9.85. The number of alkyl halides is 6. The van der Waals surface area contributed by atoms with Crippen LogP contribution in [-0.2, 0) is 6.18 Å². The molecule has 40 heavy (non-hydrogen) atoms. The Morgan fingerprint density at radius 1 is 0.900 bits per heavy atom. The summed E-state index contributed by atoms with van der Waals surface area (Å²) in [5.41, 5.74) is -3.20. The zero-order valence-corrected chi connectivity index (χ0v) is 21.6. The summed E-state index contributed by atoms with van der Waals surface area (Å²) in [5.74, 6) is -4.58. The van der Waals surface area contributed by atoms with E-state index in [4.69, 9.17) is 33.0 Å². The molecule has 4 aromatic rings. The van der Waals surface area contributed by atoms with Gasteiger partial charge >= 0.3 is 18.3 Å². The van der Waals surface area contributed by atoms with E-state index in [9.17, 15) is 35.9 Å². The highest BCUT2D eigenvalue weighted by molar-refractivity contribution is 6.33. The van der Waals surface area contributed by atoms with Crippen molar-refractivity contribution < 1.29 is 41.0 Å². The molecule has 0 aliphatic carbocycles. The molecule has 4 rings (SSSR count). The van der Waals surface area contributed by atoms with Crippen molar-refractivity contribution in [3.05, 3.63) is 103 Å². The summed E-state index contributed by atoms with van der Waals surface area (Å²) in [7, 11) is 0. The first-order valence-electron chi connectivity index (χ1n) is 11.4. The first-order chi connectivity index (χ1) is 18.6. The fourth-order valence-electron chi connectivity index (χ4n) is 4.45. The Labute approximate surface area is 231 Å². The SMILES string of the molecule is CC(c1ccc(Oc2ccc(C(=O)O)c(Cl)c2)cc1Cl)C(c1ccc2[nH]c(=O)cc(C(F)(F)F)c2c1)C(F)(F)F. The quantitative estimate of drug-likeness (QED) is 0.216. The summed E-state index contributed by atoms with van der Waals surface area (Å²) < 4.78 is 89.4. The van der Waals surface area contributed by atoms with Crippen molar-refractivity contribution in [1.82, 2.24) is 4.98 Å². The van der Waals surface area contributed by atoms with Gasteiger partial charge in [-0.15, -0.1) is 0 Å². The number of carboxylic acids is 1. The average molecular weight is 604 g/mol. The van der Waals surface area contributed by atoms with E-state index in [2.05, 4.69) is 4.98 Å². The van der Waals surface area contributed by atoms with Crippen LogP contribution in [0.15, 0.2) is 65.5 Å². The van der Waals surface area contributed by atoms with Crippen LogP contribution in [0.1, 0.15) is 45.8 Å². The van der Waals surface area contributed by atoms with Crippen LogP contribution in [0.25, 0.3) is 10.9 Å². The number of hydrogen-bond acceptors (Lipinski definition) is 3. The number of aromatic carboxylic acids is 1. The number of halogens is 8. The minimum Gasteiger partial charge on any atom is -0.478 e. The van der Waals surface area contributed by atoms with Gasteiger partial charge in [-0.2, -0.15) is 26.3 Å². The molecule has 0 aliphatic heterocycles. The smallest absolute Gasteiger partial charge is 0.417 e. The number of carboxylic acid groups (broad SMARTS) is 1. The van der Waals surface area contributed by atoms with Gasteiger partial charge in [0.2, 0.25) is 5.56 Å². The Morgan fingerprint density at radius 2 is 1.52 bits per heavy atom. The number of fused-ring (bicyclic) bond motifs is 1. The van der Waals surface area contributed by atoms with Gasteiger partial charge in [0.1, 0.15) is 11.5 Å². The predicted molar refractivity (Wildman–Crippen MR) is 137 cm³/mol. The molecule has 1 heterocycles. The van der Waals surface area contributed by atoms with Crippen LogP contribution >= 0.6 is 23.2 Å². The third-order valence-electron chi connectivity index (χ3n) is 6.25. The van der Waals surface area contributed by atoms with Gasteiger partial charge in [-0.3, -0.25) is 4.79 Å². The Balaban J connectivity index is 1.71. The molecule has 2 unspecified atom stereocenters. The molecule has 0 fully saturated rings. The lowest BCUT2D eigenvalue weighted by Crippen LogP contribution is -2.26. The van der Waals surface area contributed by atoms with Gasteiger partial charge in [0.05, 0.1) is 22.1 Å². The molecule has 0 spiro atoms. The highest BCUT2D eigenvalue weighted by atomic mass is 35.5. The molecular weight excluding hydrogens is 587 g/mol. The third-order valence-corrected chi connectivity index (χ3v) is 6.89. The van der Waals surface area contributed by atoms with E-state index in [1.54, 1.807) is 0 Å². The highest BCUT2D eigenvalue weighted by Gasteiger charge is 2.45. The zero-order chi connectivity index (χ0) is 29.6. The van der Waals surface area contributed by atoms with Gasteiger partial charge in [0, 0.05) is 28.1 Å². The van der Waals surface area contributed by atoms with Crippen LogP contribution in [0.5, 0.6) is 11.5 Å². The Hall–Kier alpha value is -3.70. The molecule has 1 aromatic heterocycles. The Morgan fingerprint density at radius 3 is 2.08 bits per heavy atom. The largest absolute Gasteiger partial charge is 0.478 e. The normalized spacial score (nSPS) is 13.7. The molecule has 13 heteroatoms. The van der Waals surface area contributed by atoms with Crippen LogP contribution in [0.3, 0.4) is 0 Å². The van der Waals surface area contributed by atoms with Crippen molar-refractivity contribution in [2.24, 2.45) is 0 Å². The van der Waals surface area contributed by atoms with Gasteiger partial charge in [0.15, 0.2) is 0 Å². The van der Waals surface area contributed by atoms with Crippen LogP contribution in [0.4, 0.5) is 26.3 Å². The lowest BCUT2D eigenvalue weighted by atomic mass is 9.81. The number of ether oxygens (including phenoxy) is 1. The number of benzene rings is 3. The Kier molecular flexibility index (Phi) is 7.83. The monoisotopic (exact) mass is 603 g/mol. The van der Waals surface area contributed by atoms with E-state index in [0.717, 1.165) is 18.2 Å². The number of hydrogen-bond donors (Lipinski definition) is 2. The molecule has 0 bridgehead atoms. The fraction of sp³-hybridized carbons (Fsp3) is 0.185. The molecule has 0 radical (unpaired) electrons. The van der Waals surface area contributed by atoms with Crippen molar-refractivity contribution >= 4 is 40.1 Å². The molecule has 0 aliphatic rings. The first-order valence-corrected chi connectivity index (χ1v) is 12.1. The molecule has 0 saturated carbocycles. The zero-order valence-electron chi connectivity index (χ0n) is 20.1. The van der Waals surface area contributed by atoms with E-state index in [-0.39, 0.29) is 38.2 Å². The average Bonchev–Trinajstić information content (AvgIpc) is 2.82. The summed E-state index contributed by atoms with van der Waals surface area (Å²) in [5, 5.41) is 8.30. The van der Waals surface area contributed by atoms with Crippen molar-refractivity contribution in [3.8, 4) is 11.5 Å². The van der Waals surface area contributed by atoms with Gasteiger partial charge in [-0.25, -0.2) is 4.79 Å². The van der Waals surface area contributed by atoms with Crippen LogP contribution < -0.4 is 10.3 Å². The highest BCUT2D eigenvalue weighted by Crippen LogP contribution is 2.48. The lowest BCUT2D eigenvalue weighted by molar-refractivity contribution is -0.154. The molecule has 2 atom stereocenters. The summed E-state index contributed by atoms with van der Waals surface area (Å²) in [6.45, 7) is 1.24. The molecule has 0 amide bonds. The van der Waals surface area contributed by atoms with Gasteiger partial charge in [0.25, 0.3) is 0 Å². The van der Waals surface area contributed by atoms with Crippen molar-refractivity contribution in [2.75, 3.05) is 0 Å². The fourth-order valence-corrected chi connectivity index (χ4v) is 5.04. The van der Waals surface area contributed by atoms with Gasteiger partial charge in [-0.05, 0) is 53.4 Å². The maximum absolute atomic E-state index is 14.4. The molecule has 3 aromatic carbocycles. The summed E-state index contributed by atoms with van der Waals surface area (Å²) in [4.78, 5) is 25.0. The van der Waals surface area contributed by atoms with E-state index < -0.39 is 52.2 Å². The summed E-state index contributed by atoms with van der Waals surface area (Å²) >= 11 is 12.3. The predicted octanol–water partition coefficient (Wildman–Crippen LogP) is 8.79. The summed E-state index contributed by atoms with van der Waals surface area (Å²) in [6, 6.07) is 10.8. The van der Waals surface area contributed by atoms with Crippen LogP contribution in [0, 0.1) is 0 Å². The molecule has 210 valence electrons. The van der Waals surface area contributed by atoms with E-state index in [0.29, 0.717) is 6.07 Å². The lowest BCUT2D eigenvalue weighted by Gasteiger charge is -2.28. The van der Waals surface area contributed by atoms with Crippen molar-refractivity contribution in [1.29, 1.82) is 0 Å². The topological polar surface area (TPSA) is 79.4 Å². The minimum absolute atomic E-state index is 0.0493. The first kappa shape index (κ1) is 29.3. The second-order valence-electron chi connectivity index (χ2n) is 8.89. The number of carbonyl (C=O) groups is 1. The van der Waals surface area contributed by atoms with E-state index in [1.165, 1.54) is 43.3 Å². The number of pyridine rings is 1. The van der Waals surface area contributed by atoms with Crippen molar-refractivity contribution in [3.63, 3.8) is 0 Å². The minimum atomic E-state index is -4.97. The molecule has 5 nitrogen and oxygen atoms in total. The number of aromatic amines is 1. The maximum Gasteiger partial charge on any atom is 0.417 e. The Bertz CT molecular complexity index is 1670. The molecular formula is C27H17Cl2F6NO4. The van der Waals surface area contributed by atoms with Gasteiger partial charge in [-0.1, -0.05) is 42.3 Å². The third kappa shape index (κ3) is 6.05. The van der Waals surface area contributed by atoms with Crippen molar-refractivity contribution in [2.45, 2.75) is 31.1 Å². The number of H-pyrrole nitrogens is 1. The van der Waals surface area contributed by atoms with Gasteiger partial charge < -0.3 is 14.8 Å². The molecule has 2 N–H and O–H groups in total. The van der Waals surface area contributed by atoms with Crippen LogP contribution in [0.2, 0.25) is 10.0 Å². The second kappa shape index (κ2) is 10.7. The number of aromatic nitrogens is 1.